The van der Waals surface area contributed by atoms with Gasteiger partial charge in [-0.15, -0.1) is 0 Å². The molecule has 0 N–H and O–H groups in total. The van der Waals surface area contributed by atoms with E-state index in [-0.39, 0.29) is 5.97 Å². The minimum atomic E-state index is -0.170. The summed E-state index contributed by atoms with van der Waals surface area (Å²) in [5.41, 5.74) is 0. The van der Waals surface area contributed by atoms with E-state index in [0.717, 1.165) is 19.3 Å². The first-order valence-electron chi connectivity index (χ1n) is 8.20. The Morgan fingerprint density at radius 1 is 0.800 bits per heavy atom. The Kier molecular flexibility index (Phi) is 15.2. The molecule has 0 rings (SSSR count). The maximum atomic E-state index is 10.5. The Morgan fingerprint density at radius 2 is 1.35 bits per heavy atom. The second-order valence-corrected chi connectivity index (χ2v) is 5.21. The van der Waals surface area contributed by atoms with Gasteiger partial charge in [-0.25, -0.2) is 0 Å². The van der Waals surface area contributed by atoms with Crippen molar-refractivity contribution in [1.29, 1.82) is 0 Å². The topological polar surface area (TPSA) is 26.3 Å². The van der Waals surface area contributed by atoms with Crippen LogP contribution in [0.15, 0.2) is 24.3 Å². The van der Waals surface area contributed by atoms with Crippen LogP contribution in [-0.2, 0) is 9.53 Å². The third-order valence-electron chi connectivity index (χ3n) is 3.13. The fourth-order valence-corrected chi connectivity index (χ4v) is 1.92. The van der Waals surface area contributed by atoms with Crippen LogP contribution in [0.25, 0.3) is 0 Å². The summed E-state index contributed by atoms with van der Waals surface area (Å²) in [5.74, 6) is -0.170. The maximum absolute atomic E-state index is 10.5. The molecular weight excluding hydrogens is 248 g/mol. The lowest BCUT2D eigenvalue weighted by Gasteiger charge is -2.00. The zero-order valence-corrected chi connectivity index (χ0v) is 13.4. The third-order valence-corrected chi connectivity index (χ3v) is 3.13. The van der Waals surface area contributed by atoms with E-state index in [2.05, 4.69) is 31.2 Å². The Bertz CT molecular complexity index is 267. The molecule has 0 unspecified atom stereocenters. The molecule has 0 heterocycles. The van der Waals surface area contributed by atoms with Gasteiger partial charge in [0.15, 0.2) is 0 Å². The fourth-order valence-electron chi connectivity index (χ4n) is 1.92. The molecule has 0 radical (unpaired) electrons. The van der Waals surface area contributed by atoms with E-state index in [9.17, 15) is 4.79 Å². The number of carbonyl (C=O) groups is 1. The lowest BCUT2D eigenvalue weighted by molar-refractivity contribution is -0.141. The van der Waals surface area contributed by atoms with Crippen molar-refractivity contribution in [3.63, 3.8) is 0 Å². The van der Waals surface area contributed by atoms with Gasteiger partial charge in [-0.05, 0) is 38.5 Å². The van der Waals surface area contributed by atoms with E-state index >= 15 is 0 Å². The van der Waals surface area contributed by atoms with Crippen LogP contribution >= 0.6 is 0 Å². The molecule has 0 amide bonds. The largest absolute Gasteiger partial charge is 0.466 e. The highest BCUT2D eigenvalue weighted by Gasteiger charge is 1.92. The molecule has 0 aliphatic heterocycles. The van der Waals surface area contributed by atoms with Crippen molar-refractivity contribution in [3.8, 4) is 0 Å². The van der Waals surface area contributed by atoms with Gasteiger partial charge in [-0.2, -0.15) is 0 Å². The van der Waals surface area contributed by atoms with Gasteiger partial charge in [-0.1, -0.05) is 56.9 Å². The van der Waals surface area contributed by atoms with Crippen LogP contribution in [0.4, 0.5) is 0 Å². The van der Waals surface area contributed by atoms with Crippen LogP contribution in [-0.4, -0.2) is 12.6 Å². The average Bonchev–Trinajstić information content (AvgIpc) is 2.43. The fraction of sp³-hybridized carbons (Fsp3) is 0.722. The highest BCUT2D eigenvalue weighted by atomic mass is 16.5. The normalized spacial score (nSPS) is 11.5. The summed E-state index contributed by atoms with van der Waals surface area (Å²) in [5, 5.41) is 0. The van der Waals surface area contributed by atoms with Crippen LogP contribution < -0.4 is 0 Å². The van der Waals surface area contributed by atoms with Gasteiger partial charge in [0.1, 0.15) is 0 Å². The summed E-state index contributed by atoms with van der Waals surface area (Å²) in [4.78, 5) is 10.5. The number of hydrogen-bond acceptors (Lipinski definition) is 2. The molecule has 0 saturated heterocycles. The Morgan fingerprint density at radius 3 is 1.95 bits per heavy atom. The van der Waals surface area contributed by atoms with Crippen LogP contribution in [0.2, 0.25) is 0 Å². The van der Waals surface area contributed by atoms with Crippen LogP contribution in [0, 0.1) is 0 Å². The van der Waals surface area contributed by atoms with Crippen molar-refractivity contribution in [2.24, 2.45) is 0 Å². The monoisotopic (exact) mass is 280 g/mol. The van der Waals surface area contributed by atoms with Gasteiger partial charge in [0, 0.05) is 6.92 Å². The predicted octanol–water partition coefficient (Wildman–Crippen LogP) is 5.58. The lowest BCUT2D eigenvalue weighted by Crippen LogP contribution is -1.99. The molecule has 0 aliphatic carbocycles. The molecule has 2 heteroatoms. The highest BCUT2D eigenvalue weighted by molar-refractivity contribution is 5.65. The average molecular weight is 280 g/mol. The third kappa shape index (κ3) is 16.9. The van der Waals surface area contributed by atoms with E-state index in [1.54, 1.807) is 0 Å². The molecule has 20 heavy (non-hydrogen) atoms. The van der Waals surface area contributed by atoms with Crippen molar-refractivity contribution in [1.82, 2.24) is 0 Å². The molecule has 2 nitrogen and oxygen atoms in total. The molecule has 0 saturated carbocycles. The first-order chi connectivity index (χ1) is 9.77. The number of hydrogen-bond donors (Lipinski definition) is 0. The molecule has 0 atom stereocenters. The van der Waals surface area contributed by atoms with E-state index in [1.165, 1.54) is 51.9 Å². The van der Waals surface area contributed by atoms with Crippen LogP contribution in [0.5, 0.6) is 0 Å². The molecular formula is C18H32O2. The Balaban J connectivity index is 3.16. The van der Waals surface area contributed by atoms with Crippen molar-refractivity contribution >= 4 is 5.97 Å². The molecule has 0 spiro atoms. The highest BCUT2D eigenvalue weighted by Crippen LogP contribution is 2.05. The van der Waals surface area contributed by atoms with Gasteiger partial charge < -0.3 is 4.74 Å². The van der Waals surface area contributed by atoms with Gasteiger partial charge in [-0.3, -0.25) is 4.79 Å². The van der Waals surface area contributed by atoms with Crippen LogP contribution in [0.3, 0.4) is 0 Å². The molecule has 0 aliphatic rings. The Hall–Kier alpha value is -1.05. The summed E-state index contributed by atoms with van der Waals surface area (Å²) >= 11 is 0. The number of rotatable bonds is 13. The zero-order valence-electron chi connectivity index (χ0n) is 13.4. The predicted molar refractivity (Wildman–Crippen MR) is 86.8 cm³/mol. The first kappa shape index (κ1) is 18.9. The Labute approximate surface area is 125 Å². The smallest absolute Gasteiger partial charge is 0.302 e. The molecule has 0 fully saturated rings. The zero-order chi connectivity index (χ0) is 14.9. The van der Waals surface area contributed by atoms with Crippen molar-refractivity contribution in [3.05, 3.63) is 24.3 Å². The molecule has 0 aromatic carbocycles. The van der Waals surface area contributed by atoms with Gasteiger partial charge in [0.2, 0.25) is 0 Å². The first-order valence-corrected chi connectivity index (χ1v) is 8.20. The van der Waals surface area contributed by atoms with E-state index in [4.69, 9.17) is 4.74 Å². The SMILES string of the molecule is CCCC/C=C/CC/C=C/CCCCCCOC(C)=O. The lowest BCUT2D eigenvalue weighted by atomic mass is 10.1. The number of unbranched alkanes of at least 4 members (excludes halogenated alkanes) is 7. The number of carbonyl (C=O) groups excluding carboxylic acids is 1. The standard InChI is InChI=1S/C18H32O2/c1-3-4-5-6-7-8-9-10-11-12-13-14-15-16-17-20-18(2)19/h6-7,10-11H,3-5,8-9,12-17H2,1-2H3/b7-6+,11-10+. The van der Waals surface area contributed by atoms with Gasteiger partial charge in [0.25, 0.3) is 0 Å². The number of ether oxygens (including phenoxy) is 1. The molecule has 0 aromatic heterocycles. The summed E-state index contributed by atoms with van der Waals surface area (Å²) in [6.07, 6.45) is 21.1. The van der Waals surface area contributed by atoms with Crippen molar-refractivity contribution in [2.75, 3.05) is 6.61 Å². The quantitative estimate of drug-likeness (QED) is 0.250. The minimum absolute atomic E-state index is 0.170. The van der Waals surface area contributed by atoms with Crippen LogP contribution in [0.1, 0.15) is 78.1 Å². The number of esters is 1. The van der Waals surface area contributed by atoms with E-state index in [0.29, 0.717) is 6.61 Å². The summed E-state index contributed by atoms with van der Waals surface area (Å²) in [6, 6.07) is 0. The van der Waals surface area contributed by atoms with Crippen molar-refractivity contribution < 1.29 is 9.53 Å². The minimum Gasteiger partial charge on any atom is -0.466 e. The summed E-state index contributed by atoms with van der Waals surface area (Å²) < 4.78 is 4.89. The summed E-state index contributed by atoms with van der Waals surface area (Å²) in [6.45, 7) is 4.27. The van der Waals surface area contributed by atoms with E-state index < -0.39 is 0 Å². The van der Waals surface area contributed by atoms with Gasteiger partial charge >= 0.3 is 5.97 Å². The van der Waals surface area contributed by atoms with Crippen molar-refractivity contribution in [2.45, 2.75) is 78.1 Å². The second-order valence-electron chi connectivity index (χ2n) is 5.21. The summed E-state index contributed by atoms with van der Waals surface area (Å²) in [7, 11) is 0. The van der Waals surface area contributed by atoms with Gasteiger partial charge in [0.05, 0.1) is 6.61 Å². The molecule has 116 valence electrons. The van der Waals surface area contributed by atoms with E-state index in [1.807, 2.05) is 0 Å². The molecule has 0 bridgehead atoms. The second kappa shape index (κ2) is 16.0. The molecule has 0 aromatic rings. The maximum Gasteiger partial charge on any atom is 0.302 e. The number of allylic oxidation sites excluding steroid dienone is 4.